The summed E-state index contributed by atoms with van der Waals surface area (Å²) < 4.78 is 6.75. The molecule has 0 saturated carbocycles. The van der Waals surface area contributed by atoms with E-state index in [1.54, 1.807) is 0 Å². The quantitative estimate of drug-likeness (QED) is 0.907. The van der Waals surface area contributed by atoms with Crippen LogP contribution in [0.15, 0.2) is 21.0 Å². The van der Waals surface area contributed by atoms with Gasteiger partial charge in [-0.05, 0) is 26.1 Å². The zero-order chi connectivity index (χ0) is 11.0. The van der Waals surface area contributed by atoms with E-state index in [2.05, 4.69) is 21.2 Å². The number of hydrogen-bond donors (Lipinski definition) is 1. The van der Waals surface area contributed by atoms with Gasteiger partial charge < -0.3 is 9.73 Å². The number of furan rings is 1. The normalized spacial score (nSPS) is 11.2. The summed E-state index contributed by atoms with van der Waals surface area (Å²) in [5.41, 5.74) is 1.89. The molecule has 0 atom stereocenters. The summed E-state index contributed by atoms with van der Waals surface area (Å²) >= 11 is 9.59. The van der Waals surface area contributed by atoms with Crippen LogP contribution in [-0.2, 0) is 6.54 Å². The van der Waals surface area contributed by atoms with Crippen molar-refractivity contribution in [1.29, 1.82) is 0 Å². The zero-order valence-corrected chi connectivity index (χ0v) is 10.9. The lowest BCUT2D eigenvalue weighted by Gasteiger charge is -1.96. The van der Waals surface area contributed by atoms with E-state index in [-0.39, 0.29) is 0 Å². The molecule has 2 aromatic rings. The predicted octanol–water partition coefficient (Wildman–Crippen LogP) is 3.88. The van der Waals surface area contributed by atoms with Crippen molar-refractivity contribution in [1.82, 2.24) is 5.32 Å². The minimum Gasteiger partial charge on any atom is -0.458 e. The van der Waals surface area contributed by atoms with Crippen molar-refractivity contribution in [2.24, 2.45) is 0 Å². The van der Waals surface area contributed by atoms with Crippen LogP contribution in [0.2, 0.25) is 5.02 Å². The van der Waals surface area contributed by atoms with Crippen LogP contribution in [0.5, 0.6) is 0 Å². The maximum Gasteiger partial charge on any atom is 0.154 e. The molecule has 0 radical (unpaired) electrons. The fraction of sp³-hybridized carbons (Fsp3) is 0.273. The van der Waals surface area contributed by atoms with Crippen molar-refractivity contribution in [3.05, 3.63) is 33.0 Å². The van der Waals surface area contributed by atoms with Crippen LogP contribution in [0.4, 0.5) is 0 Å². The molecule has 0 amide bonds. The summed E-state index contributed by atoms with van der Waals surface area (Å²) in [6.07, 6.45) is 0. The maximum absolute atomic E-state index is 6.08. The molecule has 1 heterocycles. The predicted molar refractivity (Wildman–Crippen MR) is 66.4 cm³/mol. The van der Waals surface area contributed by atoms with Crippen LogP contribution in [-0.4, -0.2) is 7.05 Å². The summed E-state index contributed by atoms with van der Waals surface area (Å²) in [5.74, 6) is 0.932. The zero-order valence-electron chi connectivity index (χ0n) is 8.53. The van der Waals surface area contributed by atoms with Crippen LogP contribution >= 0.6 is 27.5 Å². The molecule has 0 aliphatic carbocycles. The first-order chi connectivity index (χ1) is 7.15. The van der Waals surface area contributed by atoms with Crippen LogP contribution in [0.1, 0.15) is 11.3 Å². The number of hydrogen-bond acceptors (Lipinski definition) is 2. The standard InChI is InChI=1S/C11H11BrClNO/c1-6-9(5-14-2)15-11-8(13)4-3-7(12)10(6)11/h3-4,14H,5H2,1-2H3. The van der Waals surface area contributed by atoms with Gasteiger partial charge in [0.1, 0.15) is 5.76 Å². The Morgan fingerprint density at radius 3 is 2.80 bits per heavy atom. The van der Waals surface area contributed by atoms with E-state index < -0.39 is 0 Å². The Kier molecular flexibility index (Phi) is 3.05. The number of fused-ring (bicyclic) bond motifs is 1. The summed E-state index contributed by atoms with van der Waals surface area (Å²) in [5, 5.41) is 4.79. The van der Waals surface area contributed by atoms with Gasteiger partial charge in [-0.3, -0.25) is 0 Å². The van der Waals surface area contributed by atoms with Gasteiger partial charge in [-0.25, -0.2) is 0 Å². The van der Waals surface area contributed by atoms with Gasteiger partial charge >= 0.3 is 0 Å². The second-order valence-corrected chi connectivity index (χ2v) is 4.68. The van der Waals surface area contributed by atoms with Crippen molar-refractivity contribution in [3.63, 3.8) is 0 Å². The molecule has 2 rings (SSSR count). The maximum atomic E-state index is 6.08. The van der Waals surface area contributed by atoms with E-state index in [4.69, 9.17) is 16.0 Å². The van der Waals surface area contributed by atoms with E-state index in [9.17, 15) is 0 Å². The van der Waals surface area contributed by atoms with Crippen molar-refractivity contribution in [2.75, 3.05) is 7.05 Å². The molecule has 0 bridgehead atoms. The first kappa shape index (κ1) is 11.0. The monoisotopic (exact) mass is 287 g/mol. The molecule has 1 N–H and O–H groups in total. The van der Waals surface area contributed by atoms with Gasteiger partial charge in [-0.2, -0.15) is 0 Å². The Balaban J connectivity index is 2.75. The lowest BCUT2D eigenvalue weighted by molar-refractivity contribution is 0.527. The van der Waals surface area contributed by atoms with Gasteiger partial charge in [-0.1, -0.05) is 27.5 Å². The minimum atomic E-state index is 0.652. The van der Waals surface area contributed by atoms with Gasteiger partial charge in [0, 0.05) is 15.4 Å². The average molecular weight is 289 g/mol. The molecular formula is C11H11BrClNO. The molecule has 0 saturated heterocycles. The third-order valence-corrected chi connectivity index (χ3v) is 3.37. The third kappa shape index (κ3) is 1.80. The molecule has 0 unspecified atom stereocenters. The van der Waals surface area contributed by atoms with Crippen LogP contribution in [0, 0.1) is 6.92 Å². The Morgan fingerprint density at radius 1 is 1.47 bits per heavy atom. The van der Waals surface area contributed by atoms with Crippen molar-refractivity contribution < 1.29 is 4.42 Å². The highest BCUT2D eigenvalue weighted by Gasteiger charge is 2.14. The fourth-order valence-electron chi connectivity index (χ4n) is 1.65. The first-order valence-electron chi connectivity index (χ1n) is 4.65. The van der Waals surface area contributed by atoms with Gasteiger partial charge in [0.2, 0.25) is 0 Å². The van der Waals surface area contributed by atoms with Crippen molar-refractivity contribution in [2.45, 2.75) is 13.5 Å². The third-order valence-electron chi connectivity index (χ3n) is 2.41. The van der Waals surface area contributed by atoms with Gasteiger partial charge in [-0.15, -0.1) is 0 Å². The van der Waals surface area contributed by atoms with Crippen LogP contribution < -0.4 is 5.32 Å². The lowest BCUT2D eigenvalue weighted by Crippen LogP contribution is -2.04. The largest absolute Gasteiger partial charge is 0.458 e. The average Bonchev–Trinajstić information content (AvgIpc) is 2.53. The summed E-state index contributed by atoms with van der Waals surface area (Å²) in [4.78, 5) is 0. The van der Waals surface area contributed by atoms with Crippen LogP contribution in [0.25, 0.3) is 11.0 Å². The lowest BCUT2D eigenvalue weighted by atomic mass is 10.1. The second kappa shape index (κ2) is 4.16. The molecule has 1 aromatic carbocycles. The highest BCUT2D eigenvalue weighted by atomic mass is 79.9. The van der Waals surface area contributed by atoms with E-state index in [0.29, 0.717) is 11.6 Å². The smallest absolute Gasteiger partial charge is 0.154 e. The number of benzene rings is 1. The van der Waals surface area contributed by atoms with E-state index in [1.165, 1.54) is 0 Å². The first-order valence-corrected chi connectivity index (χ1v) is 5.82. The minimum absolute atomic E-state index is 0.652. The topological polar surface area (TPSA) is 25.2 Å². The molecule has 2 nitrogen and oxygen atoms in total. The molecule has 0 fully saturated rings. The van der Waals surface area contributed by atoms with Gasteiger partial charge in [0.15, 0.2) is 5.58 Å². The Morgan fingerprint density at radius 2 is 2.20 bits per heavy atom. The molecule has 4 heteroatoms. The molecule has 0 aliphatic heterocycles. The molecule has 15 heavy (non-hydrogen) atoms. The van der Waals surface area contributed by atoms with Crippen LogP contribution in [0.3, 0.4) is 0 Å². The number of halogens is 2. The highest BCUT2D eigenvalue weighted by Crippen LogP contribution is 2.35. The Hall–Kier alpha value is -0.510. The number of rotatable bonds is 2. The van der Waals surface area contributed by atoms with Gasteiger partial charge in [0.05, 0.1) is 11.6 Å². The Labute approximate surface area is 102 Å². The highest BCUT2D eigenvalue weighted by molar-refractivity contribution is 9.10. The summed E-state index contributed by atoms with van der Waals surface area (Å²) in [7, 11) is 1.89. The van der Waals surface area contributed by atoms with E-state index in [0.717, 1.165) is 26.8 Å². The van der Waals surface area contributed by atoms with Gasteiger partial charge in [0.25, 0.3) is 0 Å². The van der Waals surface area contributed by atoms with E-state index in [1.807, 2.05) is 26.1 Å². The fourth-order valence-corrected chi connectivity index (χ4v) is 2.46. The number of nitrogens with one attached hydrogen (secondary N) is 1. The molecular weight excluding hydrogens is 277 g/mol. The van der Waals surface area contributed by atoms with E-state index >= 15 is 0 Å². The summed E-state index contributed by atoms with van der Waals surface area (Å²) in [6, 6.07) is 3.77. The molecule has 0 aliphatic rings. The van der Waals surface area contributed by atoms with Crippen molar-refractivity contribution in [3.8, 4) is 0 Å². The summed E-state index contributed by atoms with van der Waals surface area (Å²) in [6.45, 7) is 2.75. The van der Waals surface area contributed by atoms with Crippen molar-refractivity contribution >= 4 is 38.5 Å². The number of aryl methyl sites for hydroxylation is 1. The second-order valence-electron chi connectivity index (χ2n) is 3.41. The molecule has 0 spiro atoms. The molecule has 1 aromatic heterocycles. The molecule has 80 valence electrons. The SMILES string of the molecule is CNCc1oc2c(Cl)ccc(Br)c2c1C. The Bertz CT molecular complexity index is 507.